The number of nitrogens with one attached hydrogen (secondary N) is 2. The molecule has 0 unspecified atom stereocenters. The van der Waals surface area contributed by atoms with Crippen LogP contribution in [0.25, 0.3) is 0 Å². The minimum Gasteiger partial charge on any atom is -0.324 e. The van der Waals surface area contributed by atoms with Crippen LogP contribution in [0.5, 0.6) is 0 Å². The van der Waals surface area contributed by atoms with E-state index in [1.54, 1.807) is 0 Å². The predicted octanol–water partition coefficient (Wildman–Crippen LogP) is 2.56. The van der Waals surface area contributed by atoms with Gasteiger partial charge < -0.3 is 10.6 Å². The fourth-order valence-electron chi connectivity index (χ4n) is 2.60. The first-order valence-electron chi connectivity index (χ1n) is 8.62. The first kappa shape index (κ1) is 19.4. The Morgan fingerprint density at radius 1 is 0.960 bits per heavy atom. The molecular weight excluding hydrogens is 342 g/mol. The molecule has 0 saturated carbocycles. The van der Waals surface area contributed by atoms with E-state index in [2.05, 4.69) is 10.6 Å². The zero-order valence-corrected chi connectivity index (χ0v) is 15.5. The quantitative estimate of drug-likeness (QED) is 0.690. The molecule has 7 nitrogen and oxygen atoms in total. The number of benzene rings is 1. The van der Waals surface area contributed by atoms with Crippen molar-refractivity contribution in [3.05, 3.63) is 18.2 Å². The zero-order valence-electron chi connectivity index (χ0n) is 14.7. The third-order valence-corrected chi connectivity index (χ3v) is 5.91. The van der Waals surface area contributed by atoms with E-state index in [0.29, 0.717) is 24.5 Å². The number of anilines is 2. The Kier molecular flexibility index (Phi) is 6.55. The standard InChI is InChI=1S/C17H25N3O4S/c1-3-5-9-20(10-6-4-2)25(23,24)13-7-8-14-15(11-13)19-17(22)12-16(21)18-14/h7-8,11H,3-6,9-10,12H2,1-2H3,(H,18,21)(H,19,22). The van der Waals surface area contributed by atoms with Gasteiger partial charge in [-0.15, -0.1) is 0 Å². The van der Waals surface area contributed by atoms with E-state index in [-0.39, 0.29) is 11.3 Å². The van der Waals surface area contributed by atoms with Crippen molar-refractivity contribution in [1.29, 1.82) is 0 Å². The highest BCUT2D eigenvalue weighted by Crippen LogP contribution is 2.29. The van der Waals surface area contributed by atoms with Crippen molar-refractivity contribution in [2.75, 3.05) is 23.7 Å². The van der Waals surface area contributed by atoms with Crippen molar-refractivity contribution in [2.24, 2.45) is 0 Å². The van der Waals surface area contributed by atoms with Crippen molar-refractivity contribution >= 4 is 33.2 Å². The number of nitrogens with zero attached hydrogens (tertiary/aromatic N) is 1. The van der Waals surface area contributed by atoms with Gasteiger partial charge in [0, 0.05) is 13.1 Å². The first-order valence-corrected chi connectivity index (χ1v) is 10.1. The fourth-order valence-corrected chi connectivity index (χ4v) is 4.14. The Hall–Kier alpha value is -1.93. The Balaban J connectivity index is 2.34. The second-order valence-corrected chi connectivity index (χ2v) is 8.03. The molecule has 2 N–H and O–H groups in total. The lowest BCUT2D eigenvalue weighted by Crippen LogP contribution is -2.33. The van der Waals surface area contributed by atoms with Crippen LogP contribution in [-0.2, 0) is 19.6 Å². The molecule has 0 saturated heterocycles. The molecule has 25 heavy (non-hydrogen) atoms. The number of fused-ring (bicyclic) bond motifs is 1. The van der Waals surface area contributed by atoms with Crippen LogP contribution in [0.4, 0.5) is 11.4 Å². The van der Waals surface area contributed by atoms with Gasteiger partial charge in [0.25, 0.3) is 0 Å². The van der Waals surface area contributed by atoms with Gasteiger partial charge in [-0.1, -0.05) is 26.7 Å². The van der Waals surface area contributed by atoms with Gasteiger partial charge in [-0.05, 0) is 31.0 Å². The van der Waals surface area contributed by atoms with E-state index in [9.17, 15) is 18.0 Å². The van der Waals surface area contributed by atoms with Crippen LogP contribution in [0, 0.1) is 0 Å². The Morgan fingerprint density at radius 2 is 1.52 bits per heavy atom. The largest absolute Gasteiger partial charge is 0.324 e. The summed E-state index contributed by atoms with van der Waals surface area (Å²) in [6.45, 7) is 4.98. The number of carbonyl (C=O) groups is 2. The summed E-state index contributed by atoms with van der Waals surface area (Å²) in [5.41, 5.74) is 0.714. The van der Waals surface area contributed by atoms with E-state index in [1.807, 2.05) is 13.8 Å². The molecule has 0 aliphatic carbocycles. The molecule has 0 radical (unpaired) electrons. The van der Waals surface area contributed by atoms with Crippen LogP contribution in [0.1, 0.15) is 46.0 Å². The summed E-state index contributed by atoms with van der Waals surface area (Å²) in [5.74, 6) is -0.876. The monoisotopic (exact) mass is 367 g/mol. The van der Waals surface area contributed by atoms with E-state index in [4.69, 9.17) is 0 Å². The third kappa shape index (κ3) is 4.79. The van der Waals surface area contributed by atoms with Gasteiger partial charge in [0.05, 0.1) is 16.3 Å². The van der Waals surface area contributed by atoms with Gasteiger partial charge in [0.2, 0.25) is 21.8 Å². The average Bonchev–Trinajstić information content (AvgIpc) is 2.70. The van der Waals surface area contributed by atoms with Gasteiger partial charge in [0.1, 0.15) is 6.42 Å². The zero-order chi connectivity index (χ0) is 18.4. The topological polar surface area (TPSA) is 95.6 Å². The number of unbranched alkanes of at least 4 members (excludes halogenated alkanes) is 2. The van der Waals surface area contributed by atoms with E-state index in [1.165, 1.54) is 22.5 Å². The van der Waals surface area contributed by atoms with Crippen LogP contribution in [0.3, 0.4) is 0 Å². The summed E-state index contributed by atoms with van der Waals surface area (Å²) in [4.78, 5) is 23.4. The maximum absolute atomic E-state index is 13.0. The number of amides is 2. The Morgan fingerprint density at radius 3 is 2.08 bits per heavy atom. The summed E-state index contributed by atoms with van der Waals surface area (Å²) >= 11 is 0. The highest BCUT2D eigenvalue weighted by atomic mass is 32.2. The molecule has 0 aromatic heterocycles. The van der Waals surface area contributed by atoms with Crippen molar-refractivity contribution < 1.29 is 18.0 Å². The van der Waals surface area contributed by atoms with Gasteiger partial charge in [0.15, 0.2) is 0 Å². The molecular formula is C17H25N3O4S. The number of hydrogen-bond donors (Lipinski definition) is 2. The minimum atomic E-state index is -3.65. The Bertz CT molecular complexity index is 738. The summed E-state index contributed by atoms with van der Waals surface area (Å²) in [7, 11) is -3.65. The summed E-state index contributed by atoms with van der Waals surface area (Å²) in [6.07, 6.45) is 3.12. The lowest BCUT2D eigenvalue weighted by atomic mass is 10.2. The van der Waals surface area contributed by atoms with E-state index >= 15 is 0 Å². The highest BCUT2D eigenvalue weighted by molar-refractivity contribution is 7.89. The van der Waals surface area contributed by atoms with Crippen LogP contribution in [-0.4, -0.2) is 37.6 Å². The molecule has 2 rings (SSSR count). The molecule has 138 valence electrons. The maximum atomic E-state index is 13.0. The minimum absolute atomic E-state index is 0.120. The van der Waals surface area contributed by atoms with Crippen LogP contribution < -0.4 is 10.6 Å². The van der Waals surface area contributed by atoms with Crippen LogP contribution in [0.2, 0.25) is 0 Å². The van der Waals surface area contributed by atoms with Crippen molar-refractivity contribution in [3.8, 4) is 0 Å². The molecule has 0 bridgehead atoms. The summed E-state index contributed by atoms with van der Waals surface area (Å²) in [5, 5.41) is 5.18. The van der Waals surface area contributed by atoms with E-state index in [0.717, 1.165) is 25.7 Å². The molecule has 0 spiro atoms. The van der Waals surface area contributed by atoms with Gasteiger partial charge >= 0.3 is 0 Å². The third-order valence-electron chi connectivity index (χ3n) is 4.02. The van der Waals surface area contributed by atoms with Crippen molar-refractivity contribution in [2.45, 2.75) is 50.8 Å². The molecule has 1 heterocycles. The molecule has 1 aromatic rings. The molecule has 2 amide bonds. The highest BCUT2D eigenvalue weighted by Gasteiger charge is 2.26. The maximum Gasteiger partial charge on any atom is 0.243 e. The predicted molar refractivity (Wildman–Crippen MR) is 96.9 cm³/mol. The number of sulfonamides is 1. The van der Waals surface area contributed by atoms with Gasteiger partial charge in [-0.25, -0.2) is 8.42 Å². The summed E-state index contributed by atoms with van der Waals surface area (Å²) < 4.78 is 27.5. The van der Waals surface area contributed by atoms with Crippen LogP contribution >= 0.6 is 0 Å². The van der Waals surface area contributed by atoms with Crippen LogP contribution in [0.15, 0.2) is 23.1 Å². The van der Waals surface area contributed by atoms with Gasteiger partial charge in [-0.2, -0.15) is 4.31 Å². The molecule has 1 aliphatic rings. The normalized spacial score (nSPS) is 14.7. The fraction of sp³-hybridized carbons (Fsp3) is 0.529. The van der Waals surface area contributed by atoms with Gasteiger partial charge in [-0.3, -0.25) is 9.59 Å². The molecule has 8 heteroatoms. The molecule has 0 fully saturated rings. The van der Waals surface area contributed by atoms with E-state index < -0.39 is 21.8 Å². The molecule has 1 aromatic carbocycles. The Labute approximate surface area is 148 Å². The second-order valence-electron chi connectivity index (χ2n) is 6.09. The number of carbonyl (C=O) groups excluding carboxylic acids is 2. The average molecular weight is 367 g/mol. The number of rotatable bonds is 8. The van der Waals surface area contributed by atoms with Crippen molar-refractivity contribution in [3.63, 3.8) is 0 Å². The lowest BCUT2D eigenvalue weighted by molar-refractivity contribution is -0.123. The second kappa shape index (κ2) is 8.44. The lowest BCUT2D eigenvalue weighted by Gasteiger charge is -2.22. The smallest absolute Gasteiger partial charge is 0.243 e. The SMILES string of the molecule is CCCCN(CCCC)S(=O)(=O)c1ccc2c(c1)NC(=O)CC(=O)N2. The molecule has 0 atom stereocenters. The van der Waals surface area contributed by atoms with Crippen molar-refractivity contribution in [1.82, 2.24) is 4.31 Å². The summed E-state index contributed by atoms with van der Waals surface area (Å²) in [6, 6.07) is 4.40. The molecule has 1 aliphatic heterocycles. The number of hydrogen-bond acceptors (Lipinski definition) is 4. The first-order chi connectivity index (χ1) is 11.9.